The van der Waals surface area contributed by atoms with Gasteiger partial charge in [-0.15, -0.1) is 0 Å². The Labute approximate surface area is 99.6 Å². The van der Waals surface area contributed by atoms with E-state index in [2.05, 4.69) is 5.32 Å². The van der Waals surface area contributed by atoms with Crippen LogP contribution in [0.15, 0.2) is 24.3 Å². The summed E-state index contributed by atoms with van der Waals surface area (Å²) in [5.74, 6) is -0.410. The number of carbonyl (C=O) groups is 1. The van der Waals surface area contributed by atoms with Gasteiger partial charge in [-0.2, -0.15) is 0 Å². The van der Waals surface area contributed by atoms with E-state index in [1.54, 1.807) is 12.1 Å². The van der Waals surface area contributed by atoms with Crippen molar-refractivity contribution in [3.63, 3.8) is 0 Å². The van der Waals surface area contributed by atoms with Gasteiger partial charge in [-0.3, -0.25) is 4.79 Å². The van der Waals surface area contributed by atoms with Crippen LogP contribution >= 0.6 is 0 Å². The van der Waals surface area contributed by atoms with Gasteiger partial charge in [-0.05, 0) is 25.1 Å². The fourth-order valence-corrected chi connectivity index (χ4v) is 2.12. The molecule has 1 saturated heterocycles. The van der Waals surface area contributed by atoms with Crippen LogP contribution < -0.4 is 16.0 Å². The molecule has 1 aromatic carbocycles. The summed E-state index contributed by atoms with van der Waals surface area (Å²) in [6.45, 7) is 2.77. The van der Waals surface area contributed by atoms with E-state index < -0.39 is 6.04 Å². The van der Waals surface area contributed by atoms with Crippen LogP contribution in [0.4, 0.5) is 10.1 Å². The maximum absolute atomic E-state index is 13.2. The molecule has 1 aromatic rings. The molecule has 17 heavy (non-hydrogen) atoms. The van der Waals surface area contributed by atoms with Gasteiger partial charge in [0.05, 0.1) is 0 Å². The molecular weight excluding hydrogens is 221 g/mol. The lowest BCUT2D eigenvalue weighted by atomic mass is 10.1. The van der Waals surface area contributed by atoms with Gasteiger partial charge in [-0.1, -0.05) is 6.07 Å². The van der Waals surface area contributed by atoms with Gasteiger partial charge in [0, 0.05) is 24.8 Å². The van der Waals surface area contributed by atoms with Crippen LogP contribution in [0.3, 0.4) is 0 Å². The van der Waals surface area contributed by atoms with Crippen LogP contribution in [-0.2, 0) is 4.79 Å². The Balaban J connectivity index is 2.30. The second-order valence-corrected chi connectivity index (χ2v) is 4.29. The molecule has 1 aliphatic rings. The molecule has 3 N–H and O–H groups in total. The molecule has 0 bridgehead atoms. The number of nitrogens with two attached hydrogens (primary N) is 1. The van der Waals surface area contributed by atoms with Crippen LogP contribution in [-0.4, -0.2) is 31.1 Å². The van der Waals surface area contributed by atoms with Crippen LogP contribution in [0.25, 0.3) is 0 Å². The molecule has 2 atom stereocenters. The number of hydrogen-bond acceptors (Lipinski definition) is 3. The number of rotatable bonds is 2. The molecule has 2 unspecified atom stereocenters. The number of nitrogens with one attached hydrogen (secondary N) is 1. The number of hydrogen-bond donors (Lipinski definition) is 2. The van der Waals surface area contributed by atoms with Gasteiger partial charge in [0.15, 0.2) is 0 Å². The fourth-order valence-electron chi connectivity index (χ4n) is 2.12. The van der Waals surface area contributed by atoms with Gasteiger partial charge in [-0.25, -0.2) is 4.39 Å². The monoisotopic (exact) mass is 237 g/mol. The lowest BCUT2D eigenvalue weighted by Crippen LogP contribution is -2.61. The van der Waals surface area contributed by atoms with Crippen molar-refractivity contribution in [1.82, 2.24) is 5.32 Å². The first-order chi connectivity index (χ1) is 8.11. The molecule has 1 heterocycles. The Morgan fingerprint density at radius 3 is 3.00 bits per heavy atom. The first-order valence-electron chi connectivity index (χ1n) is 5.64. The average molecular weight is 237 g/mol. The third-order valence-corrected chi connectivity index (χ3v) is 2.90. The zero-order valence-electron chi connectivity index (χ0n) is 9.69. The lowest BCUT2D eigenvalue weighted by Gasteiger charge is -2.39. The number of piperazine rings is 1. The molecule has 1 amide bonds. The summed E-state index contributed by atoms with van der Waals surface area (Å²) in [5.41, 5.74) is 6.31. The van der Waals surface area contributed by atoms with Gasteiger partial charge in [0.25, 0.3) is 0 Å². The summed E-state index contributed by atoms with van der Waals surface area (Å²) in [6.07, 6.45) is 0. The number of carbonyl (C=O) groups excluding carboxylic acids is 1. The molecule has 0 aromatic heterocycles. The van der Waals surface area contributed by atoms with Crippen molar-refractivity contribution in [2.24, 2.45) is 5.73 Å². The van der Waals surface area contributed by atoms with E-state index >= 15 is 0 Å². The highest BCUT2D eigenvalue weighted by Crippen LogP contribution is 2.20. The maximum Gasteiger partial charge on any atom is 0.244 e. The summed E-state index contributed by atoms with van der Waals surface area (Å²) in [5, 5.41) is 2.84. The van der Waals surface area contributed by atoms with Crippen LogP contribution in [0.2, 0.25) is 0 Å². The SMILES string of the molecule is CC1CN(c2cccc(F)c2)C(CN)C(=O)N1. The molecule has 2 rings (SSSR count). The lowest BCUT2D eigenvalue weighted by molar-refractivity contribution is -0.123. The van der Waals surface area contributed by atoms with E-state index in [0.717, 1.165) is 0 Å². The normalized spacial score (nSPS) is 24.6. The van der Waals surface area contributed by atoms with Crippen molar-refractivity contribution in [2.45, 2.75) is 19.0 Å². The number of nitrogens with zero attached hydrogens (tertiary/aromatic N) is 1. The van der Waals surface area contributed by atoms with Crippen LogP contribution in [0, 0.1) is 5.82 Å². The molecule has 0 radical (unpaired) electrons. The average Bonchev–Trinajstić information content (AvgIpc) is 2.28. The molecule has 4 nitrogen and oxygen atoms in total. The highest BCUT2D eigenvalue weighted by atomic mass is 19.1. The molecule has 0 aliphatic carbocycles. The zero-order valence-corrected chi connectivity index (χ0v) is 9.69. The van der Waals surface area contributed by atoms with Gasteiger partial charge >= 0.3 is 0 Å². The van der Waals surface area contributed by atoms with Crippen molar-refractivity contribution >= 4 is 11.6 Å². The van der Waals surface area contributed by atoms with Crippen LogP contribution in [0.1, 0.15) is 6.92 Å². The Morgan fingerprint density at radius 2 is 2.35 bits per heavy atom. The quantitative estimate of drug-likeness (QED) is 0.786. The van der Waals surface area contributed by atoms with E-state index in [1.807, 2.05) is 11.8 Å². The largest absolute Gasteiger partial charge is 0.356 e. The Hall–Kier alpha value is -1.62. The molecule has 0 spiro atoms. The Bertz CT molecular complexity index is 424. The minimum absolute atomic E-state index is 0.0357. The first-order valence-corrected chi connectivity index (χ1v) is 5.64. The summed E-state index contributed by atoms with van der Waals surface area (Å²) in [4.78, 5) is 13.6. The van der Waals surface area contributed by atoms with Crippen molar-refractivity contribution < 1.29 is 9.18 Å². The predicted octanol–water partition coefficient (Wildman–Crippen LogP) is 0.478. The van der Waals surface area contributed by atoms with Crippen molar-refractivity contribution in [3.05, 3.63) is 30.1 Å². The topological polar surface area (TPSA) is 58.4 Å². The first kappa shape index (κ1) is 11.9. The summed E-state index contributed by atoms with van der Waals surface area (Å²) < 4.78 is 13.2. The zero-order chi connectivity index (χ0) is 12.4. The Kier molecular flexibility index (Phi) is 3.28. The second kappa shape index (κ2) is 4.71. The standard InChI is InChI=1S/C12H16FN3O/c1-8-7-16(11(6-14)12(17)15-8)10-4-2-3-9(13)5-10/h2-5,8,11H,6-7,14H2,1H3,(H,15,17). The van der Waals surface area contributed by atoms with Gasteiger partial charge in [0.2, 0.25) is 5.91 Å². The summed E-state index contributed by atoms with van der Waals surface area (Å²) in [6, 6.07) is 5.84. The fraction of sp³-hybridized carbons (Fsp3) is 0.417. The summed E-state index contributed by atoms with van der Waals surface area (Å²) >= 11 is 0. The number of benzene rings is 1. The number of halogens is 1. The van der Waals surface area contributed by atoms with E-state index in [4.69, 9.17) is 5.73 Å². The van der Waals surface area contributed by atoms with E-state index in [9.17, 15) is 9.18 Å². The second-order valence-electron chi connectivity index (χ2n) is 4.29. The van der Waals surface area contributed by atoms with Gasteiger partial charge < -0.3 is 16.0 Å². The highest BCUT2D eigenvalue weighted by Gasteiger charge is 2.31. The highest BCUT2D eigenvalue weighted by molar-refractivity contribution is 5.87. The predicted molar refractivity (Wildman–Crippen MR) is 64.2 cm³/mol. The molecule has 1 fully saturated rings. The number of anilines is 1. The van der Waals surface area contributed by atoms with E-state index in [0.29, 0.717) is 12.2 Å². The Morgan fingerprint density at radius 1 is 1.59 bits per heavy atom. The van der Waals surface area contributed by atoms with Gasteiger partial charge in [0.1, 0.15) is 11.9 Å². The molecule has 5 heteroatoms. The van der Waals surface area contributed by atoms with Crippen molar-refractivity contribution in [2.75, 3.05) is 18.0 Å². The van der Waals surface area contributed by atoms with Crippen molar-refractivity contribution in [1.29, 1.82) is 0 Å². The smallest absolute Gasteiger partial charge is 0.244 e. The number of amides is 1. The van der Waals surface area contributed by atoms with E-state index in [1.165, 1.54) is 12.1 Å². The van der Waals surface area contributed by atoms with E-state index in [-0.39, 0.29) is 24.3 Å². The molecule has 92 valence electrons. The molecule has 1 aliphatic heterocycles. The maximum atomic E-state index is 13.2. The van der Waals surface area contributed by atoms with Crippen molar-refractivity contribution in [3.8, 4) is 0 Å². The molecule has 0 saturated carbocycles. The van der Waals surface area contributed by atoms with Crippen LogP contribution in [0.5, 0.6) is 0 Å². The minimum Gasteiger partial charge on any atom is -0.356 e. The third-order valence-electron chi connectivity index (χ3n) is 2.90. The minimum atomic E-state index is -0.423. The third kappa shape index (κ3) is 2.39. The molecular formula is C12H16FN3O. The summed E-state index contributed by atoms with van der Waals surface area (Å²) in [7, 11) is 0.